The minimum atomic E-state index is 0.577. The first-order chi connectivity index (χ1) is 5.81. The molecule has 0 unspecified atom stereocenters. The predicted molar refractivity (Wildman–Crippen MR) is 53.3 cm³/mol. The van der Waals surface area contributed by atoms with E-state index in [0.29, 0.717) is 6.54 Å². The van der Waals surface area contributed by atoms with Gasteiger partial charge in [-0.15, -0.1) is 11.8 Å². The van der Waals surface area contributed by atoms with Crippen molar-refractivity contribution in [3.63, 3.8) is 0 Å². The molecule has 2 N–H and O–H groups in total. The third-order valence-corrected chi connectivity index (χ3v) is 2.51. The van der Waals surface area contributed by atoms with E-state index in [1.54, 1.807) is 11.8 Å². The summed E-state index contributed by atoms with van der Waals surface area (Å²) < 4.78 is 0. The quantitative estimate of drug-likeness (QED) is 0.725. The van der Waals surface area contributed by atoms with Crippen molar-refractivity contribution in [3.8, 4) is 0 Å². The molecule has 0 aliphatic rings. The van der Waals surface area contributed by atoms with Crippen LogP contribution in [0.3, 0.4) is 0 Å². The topological polar surface area (TPSA) is 38.9 Å². The number of thioether (sulfide) groups is 1. The first kappa shape index (κ1) is 9.55. The predicted octanol–water partition coefficient (Wildman–Crippen LogP) is 1.82. The highest BCUT2D eigenvalue weighted by atomic mass is 32.2. The van der Waals surface area contributed by atoms with Crippen LogP contribution >= 0.6 is 11.8 Å². The monoisotopic (exact) mass is 182 g/mol. The lowest BCUT2D eigenvalue weighted by atomic mass is 10.2. The van der Waals surface area contributed by atoms with Crippen LogP contribution in [0.2, 0.25) is 0 Å². The Bertz CT molecular complexity index is 261. The molecule has 0 bridgehead atoms. The van der Waals surface area contributed by atoms with E-state index in [0.717, 1.165) is 22.7 Å². The summed E-state index contributed by atoms with van der Waals surface area (Å²) in [6.07, 6.45) is 3.01. The van der Waals surface area contributed by atoms with E-state index in [1.165, 1.54) is 0 Å². The lowest BCUT2D eigenvalue weighted by Gasteiger charge is -2.05. The Hall–Kier alpha value is -0.540. The molecule has 66 valence electrons. The first-order valence-corrected chi connectivity index (χ1v) is 5.27. The van der Waals surface area contributed by atoms with Gasteiger partial charge in [-0.3, -0.25) is 0 Å². The molecule has 1 rings (SSSR count). The van der Waals surface area contributed by atoms with E-state index in [9.17, 15) is 0 Å². The normalized spacial score (nSPS) is 10.2. The molecule has 1 aromatic heterocycles. The molecule has 12 heavy (non-hydrogen) atoms. The summed E-state index contributed by atoms with van der Waals surface area (Å²) >= 11 is 1.66. The van der Waals surface area contributed by atoms with E-state index >= 15 is 0 Å². The Kier molecular flexibility index (Phi) is 3.56. The third kappa shape index (κ3) is 1.99. The van der Waals surface area contributed by atoms with Crippen molar-refractivity contribution in [2.24, 2.45) is 5.73 Å². The van der Waals surface area contributed by atoms with Gasteiger partial charge in [-0.2, -0.15) is 0 Å². The van der Waals surface area contributed by atoms with E-state index in [4.69, 9.17) is 5.73 Å². The number of aromatic nitrogens is 1. The maximum atomic E-state index is 5.56. The van der Waals surface area contributed by atoms with Crippen LogP contribution in [0, 0.1) is 0 Å². The maximum Gasteiger partial charge on any atom is 0.100 e. The minimum absolute atomic E-state index is 0.577. The molecule has 1 aromatic rings. The van der Waals surface area contributed by atoms with E-state index < -0.39 is 0 Å². The maximum absolute atomic E-state index is 5.56. The van der Waals surface area contributed by atoms with Crippen LogP contribution in [0.1, 0.15) is 18.2 Å². The second kappa shape index (κ2) is 4.48. The molecule has 0 atom stereocenters. The molecule has 0 amide bonds. The summed E-state index contributed by atoms with van der Waals surface area (Å²) in [6.45, 7) is 2.68. The molecule has 0 spiro atoms. The van der Waals surface area contributed by atoms with Gasteiger partial charge in [-0.1, -0.05) is 13.0 Å². The van der Waals surface area contributed by atoms with Crippen molar-refractivity contribution in [1.82, 2.24) is 4.98 Å². The average Bonchev–Trinajstić information content (AvgIpc) is 2.16. The number of hydrogen-bond donors (Lipinski definition) is 1. The zero-order chi connectivity index (χ0) is 8.97. The summed E-state index contributed by atoms with van der Waals surface area (Å²) in [5, 5.41) is 1.07. The average molecular weight is 182 g/mol. The highest BCUT2D eigenvalue weighted by Gasteiger charge is 2.01. The molecule has 0 radical (unpaired) electrons. The smallest absolute Gasteiger partial charge is 0.100 e. The zero-order valence-corrected chi connectivity index (χ0v) is 8.32. The van der Waals surface area contributed by atoms with Crippen LogP contribution < -0.4 is 5.73 Å². The van der Waals surface area contributed by atoms with Crippen LogP contribution in [0.5, 0.6) is 0 Å². The summed E-state index contributed by atoms with van der Waals surface area (Å²) in [7, 11) is 0. The lowest BCUT2D eigenvalue weighted by molar-refractivity contribution is 0.909. The SMILES string of the molecule is CCc1ccc(CN)c(SC)n1. The zero-order valence-electron chi connectivity index (χ0n) is 7.50. The second-order valence-electron chi connectivity index (χ2n) is 2.53. The van der Waals surface area contributed by atoms with Gasteiger partial charge in [0.15, 0.2) is 0 Å². The van der Waals surface area contributed by atoms with Crippen molar-refractivity contribution in [1.29, 1.82) is 0 Å². The van der Waals surface area contributed by atoms with E-state index in [1.807, 2.05) is 12.3 Å². The highest BCUT2D eigenvalue weighted by molar-refractivity contribution is 7.98. The molecular weight excluding hydrogens is 168 g/mol. The number of nitrogens with two attached hydrogens (primary N) is 1. The molecule has 0 aromatic carbocycles. The number of pyridine rings is 1. The standard InChI is InChI=1S/C9H14N2S/c1-3-8-5-4-7(6-10)9(11-8)12-2/h4-5H,3,6,10H2,1-2H3. The van der Waals surface area contributed by atoms with Crippen molar-refractivity contribution in [3.05, 3.63) is 23.4 Å². The Labute approximate surface area is 77.6 Å². The molecule has 3 heteroatoms. The summed E-state index contributed by atoms with van der Waals surface area (Å²) in [4.78, 5) is 4.46. The van der Waals surface area contributed by atoms with Crippen molar-refractivity contribution in [2.45, 2.75) is 24.9 Å². The molecule has 2 nitrogen and oxygen atoms in total. The number of rotatable bonds is 3. The van der Waals surface area contributed by atoms with Crippen LogP contribution in [-0.2, 0) is 13.0 Å². The lowest BCUT2D eigenvalue weighted by Crippen LogP contribution is -2.01. The fourth-order valence-corrected chi connectivity index (χ4v) is 1.66. The first-order valence-electron chi connectivity index (χ1n) is 4.04. The molecule has 0 saturated carbocycles. The van der Waals surface area contributed by atoms with Crippen LogP contribution in [-0.4, -0.2) is 11.2 Å². The van der Waals surface area contributed by atoms with Gasteiger partial charge >= 0.3 is 0 Å². The summed E-state index contributed by atoms with van der Waals surface area (Å²) in [5.74, 6) is 0. The van der Waals surface area contributed by atoms with Crippen LogP contribution in [0.25, 0.3) is 0 Å². The van der Waals surface area contributed by atoms with Gasteiger partial charge in [0.25, 0.3) is 0 Å². The molecule has 0 aliphatic carbocycles. The number of hydrogen-bond acceptors (Lipinski definition) is 3. The largest absolute Gasteiger partial charge is 0.326 e. The van der Waals surface area contributed by atoms with Crippen molar-refractivity contribution >= 4 is 11.8 Å². The molecule has 0 aliphatic heterocycles. The fourth-order valence-electron chi connectivity index (χ4n) is 1.04. The van der Waals surface area contributed by atoms with Crippen molar-refractivity contribution < 1.29 is 0 Å². The molecular formula is C9H14N2S. The Balaban J connectivity index is 3.02. The summed E-state index contributed by atoms with van der Waals surface area (Å²) in [5.41, 5.74) is 7.84. The fraction of sp³-hybridized carbons (Fsp3) is 0.444. The highest BCUT2D eigenvalue weighted by Crippen LogP contribution is 2.17. The Morgan fingerprint density at radius 3 is 2.75 bits per heavy atom. The molecule has 0 fully saturated rings. The second-order valence-corrected chi connectivity index (χ2v) is 3.32. The Morgan fingerprint density at radius 2 is 2.25 bits per heavy atom. The van der Waals surface area contributed by atoms with E-state index in [-0.39, 0.29) is 0 Å². The van der Waals surface area contributed by atoms with Crippen LogP contribution in [0.4, 0.5) is 0 Å². The minimum Gasteiger partial charge on any atom is -0.326 e. The van der Waals surface area contributed by atoms with Gasteiger partial charge in [-0.05, 0) is 24.3 Å². The Morgan fingerprint density at radius 1 is 1.50 bits per heavy atom. The number of nitrogens with zero attached hydrogens (tertiary/aromatic N) is 1. The van der Waals surface area contributed by atoms with Crippen molar-refractivity contribution in [2.75, 3.05) is 6.26 Å². The van der Waals surface area contributed by atoms with Gasteiger partial charge in [-0.25, -0.2) is 4.98 Å². The third-order valence-electron chi connectivity index (χ3n) is 1.77. The van der Waals surface area contributed by atoms with Gasteiger partial charge in [0.05, 0.1) is 0 Å². The van der Waals surface area contributed by atoms with Gasteiger partial charge in [0.2, 0.25) is 0 Å². The van der Waals surface area contributed by atoms with E-state index in [2.05, 4.69) is 18.0 Å². The van der Waals surface area contributed by atoms with Gasteiger partial charge in [0, 0.05) is 12.2 Å². The van der Waals surface area contributed by atoms with Crippen LogP contribution in [0.15, 0.2) is 17.2 Å². The van der Waals surface area contributed by atoms with Gasteiger partial charge < -0.3 is 5.73 Å². The molecule has 0 saturated heterocycles. The summed E-state index contributed by atoms with van der Waals surface area (Å²) in [6, 6.07) is 4.11. The molecule has 1 heterocycles. The number of aryl methyl sites for hydroxylation is 1. The van der Waals surface area contributed by atoms with Gasteiger partial charge in [0.1, 0.15) is 5.03 Å².